The van der Waals surface area contributed by atoms with E-state index >= 15 is 0 Å². The van der Waals surface area contributed by atoms with Gasteiger partial charge >= 0.3 is 0 Å². The molecule has 0 aliphatic rings. The van der Waals surface area contributed by atoms with Crippen molar-refractivity contribution in [1.82, 2.24) is 9.97 Å². The van der Waals surface area contributed by atoms with Gasteiger partial charge in [-0.15, -0.1) is 0 Å². The van der Waals surface area contributed by atoms with Gasteiger partial charge in [0.1, 0.15) is 29.5 Å². The number of rotatable bonds is 6. The Balaban J connectivity index is 1.77. The summed E-state index contributed by atoms with van der Waals surface area (Å²) < 4.78 is 18.8. The first kappa shape index (κ1) is 16.7. The highest BCUT2D eigenvalue weighted by atomic mass is 19.1. The fourth-order valence-electron chi connectivity index (χ4n) is 2.24. The van der Waals surface area contributed by atoms with Crippen LogP contribution in [-0.2, 0) is 0 Å². The molecule has 0 spiro atoms. The van der Waals surface area contributed by atoms with Gasteiger partial charge in [0.25, 0.3) is 0 Å². The van der Waals surface area contributed by atoms with Crippen LogP contribution in [0.4, 0.5) is 27.4 Å². The van der Waals surface area contributed by atoms with E-state index in [1.807, 2.05) is 38.1 Å². The summed E-state index contributed by atoms with van der Waals surface area (Å²) >= 11 is 0. The van der Waals surface area contributed by atoms with Crippen molar-refractivity contribution in [2.24, 2.45) is 0 Å². The van der Waals surface area contributed by atoms with Crippen molar-refractivity contribution < 1.29 is 9.13 Å². The largest absolute Gasteiger partial charge is 0.489 e. The summed E-state index contributed by atoms with van der Waals surface area (Å²) in [7, 11) is 0. The number of anilines is 4. The van der Waals surface area contributed by atoms with E-state index in [2.05, 4.69) is 20.6 Å². The van der Waals surface area contributed by atoms with E-state index in [1.165, 1.54) is 18.5 Å². The second-order valence-corrected chi connectivity index (χ2v) is 5.71. The van der Waals surface area contributed by atoms with Crippen LogP contribution >= 0.6 is 0 Å². The van der Waals surface area contributed by atoms with Gasteiger partial charge in [-0.25, -0.2) is 14.4 Å². The first-order chi connectivity index (χ1) is 12.1. The van der Waals surface area contributed by atoms with Crippen LogP contribution in [0.5, 0.6) is 5.75 Å². The topological polar surface area (TPSA) is 59.1 Å². The van der Waals surface area contributed by atoms with Gasteiger partial charge in [0.2, 0.25) is 0 Å². The quantitative estimate of drug-likeness (QED) is 0.670. The second kappa shape index (κ2) is 7.61. The average molecular weight is 338 g/mol. The van der Waals surface area contributed by atoms with E-state index in [4.69, 9.17) is 4.74 Å². The molecule has 1 heterocycles. The Kier molecular flexibility index (Phi) is 5.09. The van der Waals surface area contributed by atoms with E-state index in [-0.39, 0.29) is 11.9 Å². The molecule has 3 aromatic rings. The maximum Gasteiger partial charge on any atom is 0.143 e. The molecule has 0 saturated carbocycles. The summed E-state index contributed by atoms with van der Waals surface area (Å²) in [6.07, 6.45) is 1.53. The first-order valence-electron chi connectivity index (χ1n) is 7.97. The number of halogens is 1. The van der Waals surface area contributed by atoms with E-state index in [1.54, 1.807) is 18.2 Å². The van der Waals surface area contributed by atoms with Gasteiger partial charge in [0.05, 0.1) is 11.8 Å². The molecule has 0 amide bonds. The summed E-state index contributed by atoms with van der Waals surface area (Å²) in [6.45, 7) is 3.96. The molecule has 25 heavy (non-hydrogen) atoms. The third-order valence-electron chi connectivity index (χ3n) is 3.30. The van der Waals surface area contributed by atoms with Gasteiger partial charge in [-0.1, -0.05) is 12.1 Å². The Morgan fingerprint density at radius 1 is 0.920 bits per heavy atom. The molecule has 0 radical (unpaired) electrons. The minimum absolute atomic E-state index is 0.0732. The van der Waals surface area contributed by atoms with Crippen LogP contribution < -0.4 is 15.4 Å². The van der Waals surface area contributed by atoms with Crippen molar-refractivity contribution in [1.29, 1.82) is 0 Å². The van der Waals surface area contributed by atoms with Crippen LogP contribution in [0.25, 0.3) is 0 Å². The monoisotopic (exact) mass is 338 g/mol. The number of aromatic nitrogens is 2. The third-order valence-corrected chi connectivity index (χ3v) is 3.30. The van der Waals surface area contributed by atoms with Crippen LogP contribution in [-0.4, -0.2) is 16.1 Å². The number of para-hydroxylation sites is 2. The molecule has 0 aliphatic carbocycles. The number of ether oxygens (including phenoxy) is 1. The molecule has 0 unspecified atom stereocenters. The molecule has 0 atom stereocenters. The van der Waals surface area contributed by atoms with E-state index in [9.17, 15) is 4.39 Å². The molecular weight excluding hydrogens is 319 g/mol. The van der Waals surface area contributed by atoms with E-state index < -0.39 is 0 Å². The normalized spacial score (nSPS) is 10.6. The lowest BCUT2D eigenvalue weighted by molar-refractivity contribution is 0.244. The third kappa shape index (κ3) is 4.67. The smallest absolute Gasteiger partial charge is 0.143 e. The molecule has 0 fully saturated rings. The molecule has 0 saturated heterocycles. The Hall–Kier alpha value is -3.15. The van der Waals surface area contributed by atoms with Crippen molar-refractivity contribution in [3.63, 3.8) is 0 Å². The molecule has 5 nitrogen and oxygen atoms in total. The van der Waals surface area contributed by atoms with Gasteiger partial charge in [0.15, 0.2) is 0 Å². The molecular formula is C19H19FN4O. The average Bonchev–Trinajstić information content (AvgIpc) is 2.59. The summed E-state index contributed by atoms with van der Waals surface area (Å²) in [5, 5.41) is 6.35. The van der Waals surface area contributed by atoms with Gasteiger partial charge in [-0.3, -0.25) is 0 Å². The summed E-state index contributed by atoms with van der Waals surface area (Å²) in [5.74, 6) is 1.70. The lowest BCUT2D eigenvalue weighted by Crippen LogP contribution is -2.07. The van der Waals surface area contributed by atoms with Crippen molar-refractivity contribution in [3.05, 3.63) is 66.7 Å². The Morgan fingerprint density at radius 3 is 2.32 bits per heavy atom. The number of nitrogens with one attached hydrogen (secondary N) is 2. The SMILES string of the molecule is CC(C)Oc1ccccc1Nc1cc(Nc2ccc(F)cc2)ncn1. The Labute approximate surface area is 145 Å². The molecule has 0 bridgehead atoms. The molecule has 2 aromatic carbocycles. The minimum atomic E-state index is -0.280. The highest BCUT2D eigenvalue weighted by molar-refractivity contribution is 5.66. The molecule has 1 aromatic heterocycles. The Bertz CT molecular complexity index is 837. The number of benzene rings is 2. The van der Waals surface area contributed by atoms with Crippen LogP contribution in [0, 0.1) is 5.82 Å². The van der Waals surface area contributed by atoms with Crippen LogP contribution in [0.1, 0.15) is 13.8 Å². The fraction of sp³-hybridized carbons (Fsp3) is 0.158. The number of hydrogen-bond donors (Lipinski definition) is 2. The Morgan fingerprint density at radius 2 is 1.60 bits per heavy atom. The van der Waals surface area contributed by atoms with Crippen molar-refractivity contribution in [3.8, 4) is 5.75 Å². The van der Waals surface area contributed by atoms with Gasteiger partial charge < -0.3 is 15.4 Å². The second-order valence-electron chi connectivity index (χ2n) is 5.71. The van der Waals surface area contributed by atoms with Crippen LogP contribution in [0.2, 0.25) is 0 Å². The molecule has 3 rings (SSSR count). The lowest BCUT2D eigenvalue weighted by atomic mass is 10.3. The summed E-state index contributed by atoms with van der Waals surface area (Å²) in [5.41, 5.74) is 1.57. The first-order valence-corrected chi connectivity index (χ1v) is 7.97. The predicted octanol–water partition coefficient (Wildman–Crippen LogP) is 4.89. The van der Waals surface area contributed by atoms with E-state index in [0.29, 0.717) is 11.6 Å². The predicted molar refractivity (Wildman–Crippen MR) is 97.2 cm³/mol. The number of hydrogen-bond acceptors (Lipinski definition) is 5. The fourth-order valence-corrected chi connectivity index (χ4v) is 2.24. The van der Waals surface area contributed by atoms with Gasteiger partial charge in [-0.05, 0) is 50.2 Å². The lowest BCUT2D eigenvalue weighted by Gasteiger charge is -2.15. The van der Waals surface area contributed by atoms with Crippen LogP contribution in [0.3, 0.4) is 0 Å². The van der Waals surface area contributed by atoms with Crippen LogP contribution in [0.15, 0.2) is 60.9 Å². The highest BCUT2D eigenvalue weighted by Crippen LogP contribution is 2.28. The van der Waals surface area contributed by atoms with E-state index in [0.717, 1.165) is 17.1 Å². The minimum Gasteiger partial charge on any atom is -0.489 e. The molecule has 6 heteroatoms. The maximum atomic E-state index is 13.0. The van der Waals surface area contributed by atoms with Gasteiger partial charge in [-0.2, -0.15) is 0 Å². The summed E-state index contributed by atoms with van der Waals surface area (Å²) in [4.78, 5) is 8.42. The van der Waals surface area contributed by atoms with Crippen molar-refractivity contribution in [2.75, 3.05) is 10.6 Å². The highest BCUT2D eigenvalue weighted by Gasteiger charge is 2.07. The summed E-state index contributed by atoms with van der Waals surface area (Å²) in [6, 6.07) is 15.5. The number of nitrogens with zero attached hydrogens (tertiary/aromatic N) is 2. The van der Waals surface area contributed by atoms with Crippen molar-refractivity contribution >= 4 is 23.0 Å². The zero-order chi connectivity index (χ0) is 17.6. The van der Waals surface area contributed by atoms with Gasteiger partial charge in [0, 0.05) is 11.8 Å². The molecule has 0 aliphatic heterocycles. The standard InChI is InChI=1S/C19H19FN4O/c1-13(2)25-17-6-4-3-5-16(17)24-19-11-18(21-12-22-19)23-15-9-7-14(20)8-10-15/h3-13H,1-2H3,(H2,21,22,23,24). The molecule has 128 valence electrons. The van der Waals surface area contributed by atoms with Crippen molar-refractivity contribution in [2.45, 2.75) is 20.0 Å². The molecule has 2 N–H and O–H groups in total. The zero-order valence-corrected chi connectivity index (χ0v) is 14.0. The maximum absolute atomic E-state index is 13.0. The zero-order valence-electron chi connectivity index (χ0n) is 14.0.